The van der Waals surface area contributed by atoms with E-state index in [0.29, 0.717) is 13.1 Å². The van der Waals surface area contributed by atoms with Gasteiger partial charge in [0.15, 0.2) is 11.9 Å². The molecule has 2 amide bonds. The molecular weight excluding hydrogens is 172 g/mol. The molecule has 0 bridgehead atoms. The summed E-state index contributed by atoms with van der Waals surface area (Å²) in [5, 5.41) is 9.30. The molecule has 1 rings (SSSR count). The topological polar surface area (TPSA) is 80.4 Å². The molecule has 1 atom stereocenters. The molecule has 0 aromatic carbocycles. The van der Waals surface area contributed by atoms with Crippen LogP contribution in [0.1, 0.15) is 0 Å². The van der Waals surface area contributed by atoms with E-state index in [1.807, 2.05) is 0 Å². The van der Waals surface area contributed by atoms with Gasteiger partial charge in [-0.3, -0.25) is 4.79 Å². The van der Waals surface area contributed by atoms with Crippen molar-refractivity contribution in [2.24, 2.45) is 5.73 Å². The predicted molar refractivity (Wildman–Crippen MR) is 45.7 cm³/mol. The first-order chi connectivity index (χ1) is 6.02. The van der Waals surface area contributed by atoms with Gasteiger partial charge < -0.3 is 10.8 Å². The van der Waals surface area contributed by atoms with Crippen LogP contribution < -0.4 is 5.73 Å². The van der Waals surface area contributed by atoms with Gasteiger partial charge >= 0.3 is 6.03 Å². The molecule has 0 aliphatic carbocycles. The van der Waals surface area contributed by atoms with Crippen LogP contribution in [0, 0.1) is 0 Å². The van der Waals surface area contributed by atoms with Gasteiger partial charge in [0.2, 0.25) is 0 Å². The third kappa shape index (κ3) is 1.93. The van der Waals surface area contributed by atoms with Crippen molar-refractivity contribution in [3.05, 3.63) is 12.7 Å². The lowest BCUT2D eigenvalue weighted by atomic mass is 10.2. The Bertz CT molecular complexity index is 258. The summed E-state index contributed by atoms with van der Waals surface area (Å²) in [6.45, 7) is 4.53. The molecule has 0 aromatic rings. The van der Waals surface area contributed by atoms with E-state index < -0.39 is 17.9 Å². The van der Waals surface area contributed by atoms with Crippen molar-refractivity contribution in [1.82, 2.24) is 0 Å². The molecule has 0 saturated carbocycles. The van der Waals surface area contributed by atoms with Crippen molar-refractivity contribution in [2.75, 3.05) is 19.6 Å². The van der Waals surface area contributed by atoms with E-state index >= 15 is 0 Å². The van der Waals surface area contributed by atoms with Crippen LogP contribution in [0.25, 0.3) is 0 Å². The van der Waals surface area contributed by atoms with Crippen LogP contribution in [0.4, 0.5) is 4.79 Å². The molecule has 1 unspecified atom stereocenters. The third-order valence-corrected chi connectivity index (χ3v) is 2.28. The molecule has 5 nitrogen and oxygen atoms in total. The summed E-state index contributed by atoms with van der Waals surface area (Å²) in [6, 6.07) is -0.490. The largest absolute Gasteiger partial charge is 0.414 e. The Morgan fingerprint density at radius 3 is 2.46 bits per heavy atom. The van der Waals surface area contributed by atoms with Gasteiger partial charge in [-0.1, -0.05) is 6.58 Å². The van der Waals surface area contributed by atoms with E-state index in [9.17, 15) is 14.7 Å². The second kappa shape index (κ2) is 3.27. The summed E-state index contributed by atoms with van der Waals surface area (Å²) in [5.74, 6) is -0.467. The van der Waals surface area contributed by atoms with Gasteiger partial charge in [0, 0.05) is 0 Å². The Morgan fingerprint density at radius 1 is 1.62 bits per heavy atom. The first kappa shape index (κ1) is 9.88. The number of hydrogen-bond donors (Lipinski definition) is 2. The number of aliphatic hydroxyl groups is 1. The minimum Gasteiger partial charge on any atom is -0.379 e. The summed E-state index contributed by atoms with van der Waals surface area (Å²) < 4.78 is 0.0146. The number of amides is 2. The highest BCUT2D eigenvalue weighted by Gasteiger charge is 2.50. The first-order valence-electron chi connectivity index (χ1n) is 4.02. The van der Waals surface area contributed by atoms with E-state index in [1.165, 1.54) is 0 Å². The number of carbonyl (C=O) groups excluding carboxylic acids is 2. The lowest BCUT2D eigenvalue weighted by Crippen LogP contribution is -2.45. The maximum Gasteiger partial charge on any atom is 0.414 e. The zero-order valence-electron chi connectivity index (χ0n) is 7.27. The quantitative estimate of drug-likeness (QED) is 0.335. The number of hydrogen-bond acceptors (Lipinski definition) is 3. The summed E-state index contributed by atoms with van der Waals surface area (Å²) in [5.41, 5.74) is 5.11. The highest BCUT2D eigenvalue weighted by atomic mass is 16.3. The fourth-order valence-corrected chi connectivity index (χ4v) is 1.17. The van der Waals surface area contributed by atoms with Crippen molar-refractivity contribution < 1.29 is 19.2 Å². The van der Waals surface area contributed by atoms with Gasteiger partial charge in [-0.25, -0.2) is 9.28 Å². The fourth-order valence-electron chi connectivity index (χ4n) is 1.17. The smallest absolute Gasteiger partial charge is 0.379 e. The SMILES string of the molecule is C=CC(=O)C(O)C[N+]1(C(N)=O)CC1. The van der Waals surface area contributed by atoms with E-state index in [2.05, 4.69) is 6.58 Å². The van der Waals surface area contributed by atoms with E-state index in [4.69, 9.17) is 5.73 Å². The third-order valence-electron chi connectivity index (χ3n) is 2.28. The number of primary amides is 1. The zero-order valence-corrected chi connectivity index (χ0v) is 7.27. The molecular formula is C8H13N2O3+. The molecule has 0 spiro atoms. The van der Waals surface area contributed by atoms with Crippen LogP contribution in [0.3, 0.4) is 0 Å². The maximum absolute atomic E-state index is 10.9. The molecule has 1 aliphatic heterocycles. The summed E-state index contributed by atoms with van der Waals surface area (Å²) in [7, 11) is 0. The average molecular weight is 185 g/mol. The van der Waals surface area contributed by atoms with Crippen LogP contribution in [-0.2, 0) is 4.79 Å². The lowest BCUT2D eigenvalue weighted by Gasteiger charge is -2.15. The Kier molecular flexibility index (Phi) is 2.49. The monoisotopic (exact) mass is 185 g/mol. The number of quaternary nitrogens is 1. The number of urea groups is 1. The van der Waals surface area contributed by atoms with Crippen molar-refractivity contribution in [2.45, 2.75) is 6.10 Å². The van der Waals surface area contributed by atoms with Gasteiger partial charge in [0.05, 0.1) is 0 Å². The number of ketones is 1. The van der Waals surface area contributed by atoms with Crippen molar-refractivity contribution in [3.8, 4) is 0 Å². The summed E-state index contributed by atoms with van der Waals surface area (Å²) in [6.07, 6.45) is -0.112. The second-order valence-corrected chi connectivity index (χ2v) is 3.24. The average Bonchev–Trinajstić information content (AvgIpc) is 2.84. The molecule has 0 radical (unpaired) electrons. The Balaban J connectivity index is 2.54. The normalized spacial score (nSPS) is 20.4. The van der Waals surface area contributed by atoms with E-state index in [0.717, 1.165) is 6.08 Å². The molecule has 1 fully saturated rings. The number of rotatable bonds is 4. The van der Waals surface area contributed by atoms with Crippen LogP contribution in [-0.4, -0.2) is 47.1 Å². The molecule has 13 heavy (non-hydrogen) atoms. The molecule has 1 saturated heterocycles. The van der Waals surface area contributed by atoms with Crippen molar-refractivity contribution in [1.29, 1.82) is 0 Å². The Hall–Kier alpha value is -1.20. The fraction of sp³-hybridized carbons (Fsp3) is 0.500. The highest BCUT2D eigenvalue weighted by molar-refractivity contribution is 5.93. The maximum atomic E-state index is 10.9. The lowest BCUT2D eigenvalue weighted by molar-refractivity contribution is -0.714. The summed E-state index contributed by atoms with van der Waals surface area (Å²) >= 11 is 0. The van der Waals surface area contributed by atoms with Crippen LogP contribution in [0.15, 0.2) is 12.7 Å². The van der Waals surface area contributed by atoms with Gasteiger partial charge in [-0.2, -0.15) is 0 Å². The van der Waals surface area contributed by atoms with Gasteiger partial charge in [-0.15, -0.1) is 0 Å². The van der Waals surface area contributed by atoms with Crippen LogP contribution >= 0.6 is 0 Å². The van der Waals surface area contributed by atoms with Gasteiger partial charge in [0.1, 0.15) is 19.6 Å². The number of nitrogens with zero attached hydrogens (tertiary/aromatic N) is 1. The molecule has 3 N–H and O–H groups in total. The number of nitrogens with two attached hydrogens (primary N) is 1. The summed E-state index contributed by atoms with van der Waals surface area (Å²) in [4.78, 5) is 21.8. The molecule has 0 aromatic heterocycles. The predicted octanol–water partition coefficient (Wildman–Crippen LogP) is -0.988. The highest BCUT2D eigenvalue weighted by Crippen LogP contribution is 2.21. The van der Waals surface area contributed by atoms with Gasteiger partial charge in [0.25, 0.3) is 0 Å². The van der Waals surface area contributed by atoms with Crippen LogP contribution in [0.5, 0.6) is 0 Å². The number of aliphatic hydroxyl groups excluding tert-OH is 1. The van der Waals surface area contributed by atoms with E-state index in [-0.39, 0.29) is 11.0 Å². The first-order valence-corrected chi connectivity index (χ1v) is 4.02. The van der Waals surface area contributed by atoms with E-state index in [1.54, 1.807) is 0 Å². The van der Waals surface area contributed by atoms with Crippen LogP contribution in [0.2, 0.25) is 0 Å². The van der Waals surface area contributed by atoms with Crippen molar-refractivity contribution in [3.63, 3.8) is 0 Å². The zero-order chi connectivity index (χ0) is 10.1. The Labute approximate surface area is 76.0 Å². The molecule has 1 heterocycles. The molecule has 72 valence electrons. The van der Waals surface area contributed by atoms with Crippen molar-refractivity contribution >= 4 is 11.8 Å². The van der Waals surface area contributed by atoms with Gasteiger partial charge in [-0.05, 0) is 6.08 Å². The second-order valence-electron chi connectivity index (χ2n) is 3.24. The molecule has 1 aliphatic rings. The molecule has 5 heteroatoms. The Morgan fingerprint density at radius 2 is 2.15 bits per heavy atom. The minimum atomic E-state index is -1.16. The number of carbonyl (C=O) groups is 2. The minimum absolute atomic E-state index is 0.0146. The standard InChI is InChI=1S/C8H12N2O3/c1-2-6(11)7(12)5-10(3-4-10)8(9)13/h2,7,12H,1,3-5H2,(H-,9,13)/p+1.